The number of halogens is 3. The number of anilines is 1. The first-order valence-corrected chi connectivity index (χ1v) is 12.2. The number of benzene rings is 2. The Balaban J connectivity index is 1.61. The lowest BCUT2D eigenvalue weighted by atomic mass is 9.93. The molecular formula is C26H23Cl3N4O2. The fourth-order valence-electron chi connectivity index (χ4n) is 4.50. The SMILES string of the molecule is C=C(Cc1c[nH]c(C(=O)N2CCOCC2)c1-c1c[nH]c2ccc(Cl)cc12)c1cc(Cl)c(Cl)cc1N. The molecule has 1 aliphatic heterocycles. The molecular weight excluding hydrogens is 507 g/mol. The van der Waals surface area contributed by atoms with E-state index in [0.717, 1.165) is 38.7 Å². The molecule has 1 amide bonds. The Bertz CT molecular complexity index is 1450. The third-order valence-electron chi connectivity index (χ3n) is 6.26. The molecule has 0 unspecified atom stereocenters. The second-order valence-electron chi connectivity index (χ2n) is 8.49. The van der Waals surface area contributed by atoms with E-state index in [-0.39, 0.29) is 5.91 Å². The second kappa shape index (κ2) is 9.63. The van der Waals surface area contributed by atoms with E-state index >= 15 is 0 Å². The van der Waals surface area contributed by atoms with E-state index in [0.29, 0.717) is 59.2 Å². The van der Waals surface area contributed by atoms with Gasteiger partial charge in [0.1, 0.15) is 5.69 Å². The van der Waals surface area contributed by atoms with Gasteiger partial charge >= 0.3 is 0 Å². The molecule has 9 heteroatoms. The number of allylic oxidation sites excluding steroid dienone is 1. The number of nitrogen functional groups attached to an aromatic ring is 1. The van der Waals surface area contributed by atoms with E-state index in [9.17, 15) is 4.79 Å². The lowest BCUT2D eigenvalue weighted by molar-refractivity contribution is 0.0300. The highest BCUT2D eigenvalue weighted by Crippen LogP contribution is 2.38. The molecule has 4 aromatic rings. The van der Waals surface area contributed by atoms with Gasteiger partial charge in [0.15, 0.2) is 0 Å². The normalized spacial score (nSPS) is 14.0. The molecule has 0 spiro atoms. The van der Waals surface area contributed by atoms with Gasteiger partial charge in [-0.25, -0.2) is 0 Å². The molecule has 35 heavy (non-hydrogen) atoms. The summed E-state index contributed by atoms with van der Waals surface area (Å²) in [5.41, 5.74) is 12.2. The number of nitrogens with two attached hydrogens (primary N) is 1. The molecule has 0 saturated carbocycles. The molecule has 5 rings (SSSR count). The van der Waals surface area contributed by atoms with Crippen molar-refractivity contribution < 1.29 is 9.53 Å². The van der Waals surface area contributed by atoms with Gasteiger partial charge in [0.25, 0.3) is 5.91 Å². The van der Waals surface area contributed by atoms with Crippen molar-refractivity contribution in [1.82, 2.24) is 14.9 Å². The Morgan fingerprint density at radius 1 is 1.06 bits per heavy atom. The highest BCUT2D eigenvalue weighted by molar-refractivity contribution is 6.42. The molecule has 0 atom stereocenters. The average Bonchev–Trinajstić information content (AvgIpc) is 3.44. The van der Waals surface area contributed by atoms with Gasteiger partial charge in [-0.1, -0.05) is 41.4 Å². The molecule has 0 radical (unpaired) electrons. The fraction of sp³-hybridized carbons (Fsp3) is 0.192. The molecule has 1 saturated heterocycles. The molecule has 0 aliphatic carbocycles. The average molecular weight is 530 g/mol. The number of aromatic nitrogens is 2. The van der Waals surface area contributed by atoms with Crippen molar-refractivity contribution >= 4 is 62.9 Å². The van der Waals surface area contributed by atoms with Gasteiger partial charge in [0, 0.05) is 63.8 Å². The van der Waals surface area contributed by atoms with E-state index in [1.54, 1.807) is 17.0 Å². The number of carbonyl (C=O) groups is 1. The summed E-state index contributed by atoms with van der Waals surface area (Å²) in [6.07, 6.45) is 4.20. The van der Waals surface area contributed by atoms with Crippen LogP contribution in [0.3, 0.4) is 0 Å². The van der Waals surface area contributed by atoms with Gasteiger partial charge < -0.3 is 25.3 Å². The minimum Gasteiger partial charge on any atom is -0.398 e. The number of ether oxygens (including phenoxy) is 1. The predicted molar refractivity (Wildman–Crippen MR) is 143 cm³/mol. The maximum Gasteiger partial charge on any atom is 0.271 e. The van der Waals surface area contributed by atoms with E-state index < -0.39 is 0 Å². The zero-order chi connectivity index (χ0) is 24.7. The van der Waals surface area contributed by atoms with E-state index in [4.69, 9.17) is 45.3 Å². The molecule has 180 valence electrons. The number of carbonyl (C=O) groups excluding carboxylic acids is 1. The molecule has 3 heterocycles. The minimum atomic E-state index is -0.0782. The zero-order valence-corrected chi connectivity index (χ0v) is 21.0. The van der Waals surface area contributed by atoms with Crippen molar-refractivity contribution in [3.8, 4) is 11.1 Å². The van der Waals surface area contributed by atoms with Crippen molar-refractivity contribution in [2.24, 2.45) is 0 Å². The number of nitrogens with one attached hydrogen (secondary N) is 2. The van der Waals surface area contributed by atoms with Gasteiger partial charge in [-0.3, -0.25) is 4.79 Å². The first kappa shape index (κ1) is 23.8. The summed E-state index contributed by atoms with van der Waals surface area (Å²) in [5.74, 6) is -0.0782. The Morgan fingerprint density at radius 2 is 1.80 bits per heavy atom. The minimum absolute atomic E-state index is 0.0782. The van der Waals surface area contributed by atoms with Gasteiger partial charge in [-0.15, -0.1) is 0 Å². The summed E-state index contributed by atoms with van der Waals surface area (Å²) in [6.45, 7) is 6.38. The van der Waals surface area contributed by atoms with Crippen molar-refractivity contribution in [2.45, 2.75) is 6.42 Å². The van der Waals surface area contributed by atoms with E-state index in [1.807, 2.05) is 30.6 Å². The third-order valence-corrected chi connectivity index (χ3v) is 7.22. The largest absolute Gasteiger partial charge is 0.398 e. The summed E-state index contributed by atoms with van der Waals surface area (Å²) < 4.78 is 5.43. The van der Waals surface area contributed by atoms with Gasteiger partial charge in [-0.2, -0.15) is 0 Å². The molecule has 4 N–H and O–H groups in total. The van der Waals surface area contributed by atoms with Crippen LogP contribution in [0.15, 0.2) is 49.3 Å². The number of H-pyrrole nitrogens is 2. The molecule has 0 bridgehead atoms. The molecule has 6 nitrogen and oxygen atoms in total. The summed E-state index contributed by atoms with van der Waals surface area (Å²) >= 11 is 18.7. The van der Waals surface area contributed by atoms with Gasteiger partial charge in [0.2, 0.25) is 0 Å². The Hall–Kier alpha value is -2.90. The van der Waals surface area contributed by atoms with E-state index in [1.165, 1.54) is 0 Å². The highest BCUT2D eigenvalue weighted by Gasteiger charge is 2.27. The first-order valence-electron chi connectivity index (χ1n) is 11.1. The van der Waals surface area contributed by atoms with Crippen LogP contribution in [0.1, 0.15) is 21.6 Å². The van der Waals surface area contributed by atoms with Crippen LogP contribution in [0.2, 0.25) is 15.1 Å². The standard InChI is InChI=1S/C26H23Cl3N4O2/c1-14(17-10-20(28)21(29)11-22(17)30)8-15-12-32-25(26(34)33-4-6-35-7-5-33)24(15)19-13-31-23-3-2-16(27)9-18(19)23/h2-3,9-13,31-32H,1,4-8,30H2. The lowest BCUT2D eigenvalue weighted by Gasteiger charge is -2.27. The zero-order valence-electron chi connectivity index (χ0n) is 18.8. The van der Waals surface area contributed by atoms with Crippen LogP contribution in [0.25, 0.3) is 27.6 Å². The lowest BCUT2D eigenvalue weighted by Crippen LogP contribution is -2.41. The molecule has 2 aromatic carbocycles. The Morgan fingerprint density at radius 3 is 2.57 bits per heavy atom. The molecule has 2 aromatic heterocycles. The van der Waals surface area contributed by atoms with Crippen LogP contribution in [0.4, 0.5) is 5.69 Å². The number of nitrogens with zero attached hydrogens (tertiary/aromatic N) is 1. The Labute approximate surface area is 217 Å². The number of fused-ring (bicyclic) bond motifs is 1. The Kier molecular flexibility index (Phi) is 6.55. The number of amides is 1. The fourth-order valence-corrected chi connectivity index (χ4v) is 5.01. The maximum absolute atomic E-state index is 13.6. The summed E-state index contributed by atoms with van der Waals surface area (Å²) in [7, 11) is 0. The predicted octanol–water partition coefficient (Wildman–Crippen LogP) is 6.43. The van der Waals surface area contributed by atoms with Crippen LogP contribution >= 0.6 is 34.8 Å². The van der Waals surface area contributed by atoms with E-state index in [2.05, 4.69) is 16.5 Å². The first-order chi connectivity index (χ1) is 16.8. The summed E-state index contributed by atoms with van der Waals surface area (Å²) in [5, 5.41) is 2.33. The van der Waals surface area contributed by atoms with Gasteiger partial charge in [-0.05, 0) is 47.9 Å². The highest BCUT2D eigenvalue weighted by atomic mass is 35.5. The summed E-state index contributed by atoms with van der Waals surface area (Å²) in [6, 6.07) is 8.99. The van der Waals surface area contributed by atoms with Gasteiger partial charge in [0.05, 0.1) is 23.3 Å². The summed E-state index contributed by atoms with van der Waals surface area (Å²) in [4.78, 5) is 21.9. The monoisotopic (exact) mass is 528 g/mol. The quantitative estimate of drug-likeness (QED) is 0.260. The molecule has 1 fully saturated rings. The molecule has 1 aliphatic rings. The van der Waals surface area contributed by atoms with Crippen molar-refractivity contribution in [2.75, 3.05) is 32.0 Å². The van der Waals surface area contributed by atoms with Crippen LogP contribution in [0, 0.1) is 0 Å². The van der Waals surface area contributed by atoms with Crippen LogP contribution in [-0.2, 0) is 11.2 Å². The number of hydrogen-bond donors (Lipinski definition) is 3. The van der Waals surface area contributed by atoms with Crippen molar-refractivity contribution in [3.05, 3.63) is 81.2 Å². The van der Waals surface area contributed by atoms with Crippen molar-refractivity contribution in [1.29, 1.82) is 0 Å². The van der Waals surface area contributed by atoms with Crippen LogP contribution in [0.5, 0.6) is 0 Å². The second-order valence-corrected chi connectivity index (χ2v) is 9.75. The number of aromatic amines is 2. The maximum atomic E-state index is 13.6. The number of hydrogen-bond acceptors (Lipinski definition) is 3. The van der Waals surface area contributed by atoms with Crippen molar-refractivity contribution in [3.63, 3.8) is 0 Å². The topological polar surface area (TPSA) is 87.1 Å². The number of morpholine rings is 1. The third kappa shape index (κ3) is 4.55. The van der Waals surface area contributed by atoms with Crippen LogP contribution < -0.4 is 5.73 Å². The smallest absolute Gasteiger partial charge is 0.271 e. The number of rotatable bonds is 5. The van der Waals surface area contributed by atoms with Crippen LogP contribution in [-0.4, -0.2) is 47.1 Å².